The Morgan fingerprint density at radius 1 is 1.12 bits per heavy atom. The van der Waals surface area contributed by atoms with Gasteiger partial charge in [-0.15, -0.1) is 0 Å². The quantitative estimate of drug-likeness (QED) is 0.231. The van der Waals surface area contributed by atoms with Crippen molar-refractivity contribution in [2.24, 2.45) is 11.7 Å². The third kappa shape index (κ3) is 5.57. The van der Waals surface area contributed by atoms with E-state index in [1.807, 2.05) is 0 Å². The zero-order valence-corrected chi connectivity index (χ0v) is 17.6. The van der Waals surface area contributed by atoms with Crippen molar-refractivity contribution in [3.63, 3.8) is 0 Å². The van der Waals surface area contributed by atoms with Crippen LogP contribution in [0, 0.1) is 16.0 Å². The minimum absolute atomic E-state index is 0.0164. The summed E-state index contributed by atoms with van der Waals surface area (Å²) in [4.78, 5) is 58.6. The molecule has 10 heteroatoms. The van der Waals surface area contributed by atoms with Crippen LogP contribution in [-0.2, 0) is 14.4 Å². The van der Waals surface area contributed by atoms with E-state index in [0.29, 0.717) is 37.9 Å². The van der Waals surface area contributed by atoms with Crippen LogP contribution >= 0.6 is 0 Å². The Hall–Kier alpha value is -3.56. The molecule has 10 nitrogen and oxygen atoms in total. The zero-order chi connectivity index (χ0) is 23.3. The van der Waals surface area contributed by atoms with E-state index in [1.165, 1.54) is 29.2 Å². The highest BCUT2D eigenvalue weighted by Gasteiger charge is 2.30. The van der Waals surface area contributed by atoms with Crippen LogP contribution in [0.2, 0.25) is 0 Å². The number of imide groups is 1. The maximum atomic E-state index is 12.5. The second kappa shape index (κ2) is 10.2. The lowest BCUT2D eigenvalue weighted by Crippen LogP contribution is -2.30. The molecule has 1 aliphatic carbocycles. The molecule has 0 spiro atoms. The molecule has 1 aliphatic heterocycles. The zero-order valence-electron chi connectivity index (χ0n) is 17.6. The Kier molecular flexibility index (Phi) is 7.34. The van der Waals surface area contributed by atoms with Crippen LogP contribution in [0.15, 0.2) is 30.4 Å². The smallest absolute Gasteiger partial charge is 0.284 e. The summed E-state index contributed by atoms with van der Waals surface area (Å²) in [5, 5.41) is 14.4. The van der Waals surface area contributed by atoms with Gasteiger partial charge in [0.15, 0.2) is 0 Å². The molecule has 3 rings (SSSR count). The molecule has 2 atom stereocenters. The summed E-state index contributed by atoms with van der Waals surface area (Å²) in [5.74, 6) is -1.29. The molecule has 1 heterocycles. The summed E-state index contributed by atoms with van der Waals surface area (Å²) in [6.07, 6.45) is 7.28. The summed E-state index contributed by atoms with van der Waals surface area (Å²) in [6.45, 7) is 0.370. The van der Waals surface area contributed by atoms with Gasteiger partial charge in [0.25, 0.3) is 23.4 Å². The highest BCUT2D eigenvalue weighted by Crippen LogP contribution is 2.31. The predicted molar refractivity (Wildman–Crippen MR) is 116 cm³/mol. The van der Waals surface area contributed by atoms with Crippen LogP contribution in [0.5, 0.6) is 0 Å². The molecule has 1 aromatic carbocycles. The number of carbonyl (C=O) groups excluding carboxylic acids is 4. The second-order valence-corrected chi connectivity index (χ2v) is 8.14. The van der Waals surface area contributed by atoms with Crippen molar-refractivity contribution in [3.05, 3.63) is 46.0 Å². The number of nitro benzene ring substituents is 1. The molecule has 1 saturated carbocycles. The van der Waals surface area contributed by atoms with Crippen molar-refractivity contribution in [2.45, 2.75) is 51.0 Å². The van der Waals surface area contributed by atoms with Gasteiger partial charge in [0.05, 0.1) is 4.92 Å². The van der Waals surface area contributed by atoms with E-state index in [1.54, 1.807) is 6.07 Å². The molecule has 2 aliphatic rings. The maximum absolute atomic E-state index is 12.5. The van der Waals surface area contributed by atoms with Gasteiger partial charge in [-0.05, 0) is 44.2 Å². The number of anilines is 1. The van der Waals surface area contributed by atoms with E-state index in [4.69, 9.17) is 5.73 Å². The Labute approximate surface area is 185 Å². The molecule has 0 aromatic heterocycles. The topological polar surface area (TPSA) is 153 Å². The van der Waals surface area contributed by atoms with E-state index in [-0.39, 0.29) is 40.8 Å². The van der Waals surface area contributed by atoms with Crippen LogP contribution in [0.1, 0.15) is 55.3 Å². The number of rotatable bonds is 11. The van der Waals surface area contributed by atoms with Crippen molar-refractivity contribution in [1.82, 2.24) is 4.90 Å². The number of nitro groups is 1. The van der Waals surface area contributed by atoms with Gasteiger partial charge in [0.1, 0.15) is 11.3 Å². The number of unbranched alkanes of at least 4 members (excludes halogenated alkanes) is 2. The van der Waals surface area contributed by atoms with Gasteiger partial charge >= 0.3 is 0 Å². The number of Topliss-reactive ketones (excluding diaryl/α,β-unsaturated/α-hetero) is 1. The Bertz CT molecular complexity index is 955. The van der Waals surface area contributed by atoms with Gasteiger partial charge in [0.2, 0.25) is 0 Å². The fraction of sp³-hybridized carbons (Fsp3) is 0.455. The van der Waals surface area contributed by atoms with E-state index in [2.05, 4.69) is 5.32 Å². The average molecular weight is 442 g/mol. The molecule has 0 saturated heterocycles. The van der Waals surface area contributed by atoms with Crippen LogP contribution in [0.3, 0.4) is 0 Å². The molecule has 3 amide bonds. The molecule has 170 valence electrons. The van der Waals surface area contributed by atoms with Crippen LogP contribution in [0.25, 0.3) is 0 Å². The first-order valence-electron chi connectivity index (χ1n) is 10.7. The normalized spacial score (nSPS) is 20.1. The number of nitrogens with zero attached hydrogens (tertiary/aromatic N) is 2. The average Bonchev–Trinajstić information content (AvgIpc) is 3.34. The summed E-state index contributed by atoms with van der Waals surface area (Å²) >= 11 is 0. The van der Waals surface area contributed by atoms with Gasteiger partial charge in [-0.2, -0.15) is 0 Å². The standard InChI is InChI=1S/C22H26N4O6/c23-22(30)17-8-7-16(13-18(17)26(31)32)24-15-6-5-14(12-15)19(27)4-2-1-3-11-25-20(28)9-10-21(25)29/h7-10,13-15,24H,1-6,11-12H2,(H2,23,30). The highest BCUT2D eigenvalue weighted by atomic mass is 16.6. The van der Waals surface area contributed by atoms with Gasteiger partial charge in [-0.1, -0.05) is 6.42 Å². The number of primary amides is 1. The summed E-state index contributed by atoms with van der Waals surface area (Å²) in [7, 11) is 0. The number of hydrogen-bond donors (Lipinski definition) is 2. The lowest BCUT2D eigenvalue weighted by atomic mass is 9.97. The van der Waals surface area contributed by atoms with Crippen molar-refractivity contribution in [2.75, 3.05) is 11.9 Å². The van der Waals surface area contributed by atoms with E-state index < -0.39 is 10.8 Å². The SMILES string of the molecule is NC(=O)c1ccc(NC2CCC(C(=O)CCCCCN3C(=O)C=CC3=O)C2)cc1[N+](=O)[O-]. The minimum atomic E-state index is -0.856. The van der Waals surface area contributed by atoms with Crippen molar-refractivity contribution >= 4 is 34.9 Å². The van der Waals surface area contributed by atoms with Crippen molar-refractivity contribution in [3.8, 4) is 0 Å². The largest absolute Gasteiger partial charge is 0.382 e. The molecule has 1 fully saturated rings. The predicted octanol–water partition coefficient (Wildman–Crippen LogP) is 2.33. The minimum Gasteiger partial charge on any atom is -0.382 e. The van der Waals surface area contributed by atoms with Crippen LogP contribution in [0.4, 0.5) is 11.4 Å². The lowest BCUT2D eigenvalue weighted by Gasteiger charge is -2.15. The number of carbonyl (C=O) groups is 4. The number of hydrogen-bond acceptors (Lipinski definition) is 7. The maximum Gasteiger partial charge on any atom is 0.284 e. The molecule has 2 unspecified atom stereocenters. The first-order valence-corrected chi connectivity index (χ1v) is 10.7. The monoisotopic (exact) mass is 442 g/mol. The Morgan fingerprint density at radius 3 is 2.50 bits per heavy atom. The molecule has 1 aromatic rings. The fourth-order valence-electron chi connectivity index (χ4n) is 4.22. The Balaban J connectivity index is 1.41. The highest BCUT2D eigenvalue weighted by molar-refractivity contribution is 6.12. The van der Waals surface area contributed by atoms with Crippen LogP contribution in [-0.4, -0.2) is 45.9 Å². The van der Waals surface area contributed by atoms with Gasteiger partial charge in [0, 0.05) is 48.8 Å². The third-order valence-electron chi connectivity index (χ3n) is 5.92. The van der Waals surface area contributed by atoms with Crippen LogP contribution < -0.4 is 11.1 Å². The summed E-state index contributed by atoms with van der Waals surface area (Å²) < 4.78 is 0. The first-order chi connectivity index (χ1) is 15.3. The van der Waals surface area contributed by atoms with E-state index >= 15 is 0 Å². The number of ketones is 1. The van der Waals surface area contributed by atoms with Crippen molar-refractivity contribution in [1.29, 1.82) is 0 Å². The molecule has 0 radical (unpaired) electrons. The number of benzene rings is 1. The van der Waals surface area contributed by atoms with Crippen molar-refractivity contribution < 1.29 is 24.1 Å². The van der Waals surface area contributed by atoms with Gasteiger partial charge in [-0.3, -0.25) is 34.2 Å². The second-order valence-electron chi connectivity index (χ2n) is 8.14. The number of nitrogens with one attached hydrogen (secondary N) is 1. The summed E-state index contributed by atoms with van der Waals surface area (Å²) in [5.41, 5.74) is 5.21. The van der Waals surface area contributed by atoms with E-state index in [0.717, 1.165) is 19.3 Å². The molecule has 32 heavy (non-hydrogen) atoms. The van der Waals surface area contributed by atoms with Gasteiger partial charge in [-0.25, -0.2) is 0 Å². The molecular weight excluding hydrogens is 416 g/mol. The first kappa shape index (κ1) is 23.1. The molecule has 3 N–H and O–H groups in total. The van der Waals surface area contributed by atoms with Gasteiger partial charge < -0.3 is 11.1 Å². The molecule has 0 bridgehead atoms. The Morgan fingerprint density at radius 2 is 1.84 bits per heavy atom. The van der Waals surface area contributed by atoms with E-state index in [9.17, 15) is 29.3 Å². The number of amides is 3. The number of nitrogens with two attached hydrogens (primary N) is 1. The third-order valence-corrected chi connectivity index (χ3v) is 5.92. The lowest BCUT2D eigenvalue weighted by molar-refractivity contribution is -0.385. The molecular formula is C22H26N4O6. The fourth-order valence-corrected chi connectivity index (χ4v) is 4.22. The summed E-state index contributed by atoms with van der Waals surface area (Å²) in [6, 6.07) is 4.22.